The average Bonchev–Trinajstić information content (AvgIpc) is 3.15. The van der Waals surface area contributed by atoms with Crippen LogP contribution in [0.5, 0.6) is 0 Å². The average molecular weight is 758 g/mol. The van der Waals surface area contributed by atoms with Crippen LogP contribution in [0.3, 0.4) is 0 Å². The van der Waals surface area contributed by atoms with Crippen LogP contribution in [0.25, 0.3) is 0 Å². The molecule has 1 rings (SSSR count). The lowest BCUT2D eigenvalue weighted by atomic mass is 10.00. The molecule has 0 aliphatic rings. The van der Waals surface area contributed by atoms with E-state index >= 15 is 0 Å². The Labute approximate surface area is 324 Å². The number of rotatable bonds is 25. The summed E-state index contributed by atoms with van der Waals surface area (Å²) in [6, 6.07) is 0.326. The smallest absolute Gasteiger partial charge is 0.388 e. The minimum Gasteiger partial charge on any atom is -0.388 e. The zero-order chi connectivity index (χ0) is 41.1. The molecule has 0 radical (unpaired) electrons. The van der Waals surface area contributed by atoms with Gasteiger partial charge in [-0.1, -0.05) is 141 Å². The van der Waals surface area contributed by atoms with Gasteiger partial charge in [-0.2, -0.15) is 23.1 Å². The lowest BCUT2D eigenvalue weighted by Crippen LogP contribution is -2.33. The summed E-state index contributed by atoms with van der Waals surface area (Å²) in [5.41, 5.74) is 5.99. The van der Waals surface area contributed by atoms with Crippen LogP contribution in [0.4, 0.5) is 24.9 Å². The van der Waals surface area contributed by atoms with Crippen LogP contribution in [0.1, 0.15) is 191 Å². The fourth-order valence-electron chi connectivity index (χ4n) is 5.42. The molecule has 0 saturated carbocycles. The quantitative estimate of drug-likeness (QED) is 0.0520. The summed E-state index contributed by atoms with van der Waals surface area (Å²) in [4.78, 5) is 26.3. The third-order valence-electron chi connectivity index (χ3n) is 8.37. The van der Waals surface area contributed by atoms with Gasteiger partial charge in [-0.05, 0) is 44.4 Å². The Kier molecular flexibility index (Phi) is 37.2. The topological polar surface area (TPSA) is 109 Å². The fraction of sp³-hybridized carbons (Fsp3) is 0.810. The van der Waals surface area contributed by atoms with Gasteiger partial charge < -0.3 is 21.3 Å². The molecule has 2 unspecified atom stereocenters. The van der Waals surface area contributed by atoms with Gasteiger partial charge in [0.25, 0.3) is 5.95 Å². The van der Waals surface area contributed by atoms with Gasteiger partial charge in [0.15, 0.2) is 0 Å². The van der Waals surface area contributed by atoms with E-state index in [0.717, 1.165) is 69.1 Å². The van der Waals surface area contributed by atoms with E-state index in [9.17, 15) is 18.0 Å². The van der Waals surface area contributed by atoms with Crippen molar-refractivity contribution in [2.24, 2.45) is 16.6 Å². The Bertz CT molecular complexity index is 1060. The van der Waals surface area contributed by atoms with Crippen LogP contribution in [0.15, 0.2) is 23.0 Å². The Morgan fingerprint density at radius 1 is 0.849 bits per heavy atom. The Balaban J connectivity index is -0.00000165. The summed E-state index contributed by atoms with van der Waals surface area (Å²) in [5.74, 6) is 0.707. The summed E-state index contributed by atoms with van der Waals surface area (Å²) in [6.07, 6.45) is 14.4. The van der Waals surface area contributed by atoms with Gasteiger partial charge >= 0.3 is 6.18 Å². The normalized spacial score (nSPS) is 12.6. The van der Waals surface area contributed by atoms with Crippen LogP contribution in [-0.2, 0) is 11.0 Å². The Morgan fingerprint density at radius 3 is 1.98 bits per heavy atom. The minimum absolute atomic E-state index is 0.0782. The van der Waals surface area contributed by atoms with E-state index in [-0.39, 0.29) is 30.1 Å². The summed E-state index contributed by atoms with van der Waals surface area (Å²) in [6.45, 7) is 26.4. The van der Waals surface area contributed by atoms with Crippen molar-refractivity contribution in [2.75, 3.05) is 25.0 Å². The Hall–Kier alpha value is -2.85. The zero-order valence-electron chi connectivity index (χ0n) is 36.2. The standard InChI is InChI=1S/C29H50F3N7O.C9H20.2C2H6/c1-6-11-15-23(14-8-3)35-20-22(10-5)26(33)37-28-36-21-24(29(30,31)32)27(38-28)34-17-13-19-39(18-9-4)25(40)16-12-7-2;1-4-6-8-9(3)7-5-2;2*1-2/h20-21,23,35H,6-19H2,1-5H3,(H3,33,34,36,37,38);9H,4-8H2,1-3H3;2*1-2H3/b22-20-;;;. The number of nitrogens with zero attached hydrogens (tertiary/aromatic N) is 4. The number of nitrogens with two attached hydrogens (primary N) is 1. The maximum absolute atomic E-state index is 13.7. The number of alkyl halides is 3. The number of carbonyl (C=O) groups is 1. The van der Waals surface area contributed by atoms with Gasteiger partial charge in [-0.15, -0.1) is 0 Å². The summed E-state index contributed by atoms with van der Waals surface area (Å²) in [7, 11) is 0. The van der Waals surface area contributed by atoms with E-state index in [0.29, 0.717) is 38.4 Å². The summed E-state index contributed by atoms with van der Waals surface area (Å²) < 4.78 is 41.0. The van der Waals surface area contributed by atoms with Gasteiger partial charge in [0.05, 0.1) is 0 Å². The van der Waals surface area contributed by atoms with Crippen molar-refractivity contribution in [1.29, 1.82) is 0 Å². The SMILES string of the molecule is CC.CC.CCCCC(=O)N(CCC)CCCNc1nc(/N=C(N)/C(=C\NC(CCC)CCCC)CC)ncc1C(F)(F)F.CCCCC(C)CCC. The molecule has 0 spiro atoms. The molecular formula is C42H82F3N7O. The molecule has 4 N–H and O–H groups in total. The first-order valence-electron chi connectivity index (χ1n) is 21.2. The molecule has 0 fully saturated rings. The molecule has 1 heterocycles. The summed E-state index contributed by atoms with van der Waals surface area (Å²) in [5, 5.41) is 6.22. The highest BCUT2D eigenvalue weighted by Gasteiger charge is 2.35. The lowest BCUT2D eigenvalue weighted by molar-refractivity contribution is -0.137. The highest BCUT2D eigenvalue weighted by atomic mass is 19.4. The van der Waals surface area contributed by atoms with Crippen LogP contribution >= 0.6 is 0 Å². The first-order chi connectivity index (χ1) is 25.4. The molecule has 0 aromatic carbocycles. The van der Waals surface area contributed by atoms with E-state index in [1.807, 2.05) is 54.7 Å². The fourth-order valence-corrected chi connectivity index (χ4v) is 5.42. The molecule has 1 amide bonds. The first kappa shape index (κ1) is 54.5. The van der Waals surface area contributed by atoms with Gasteiger partial charge in [-0.25, -0.2) is 4.98 Å². The van der Waals surface area contributed by atoms with Crippen molar-refractivity contribution in [3.8, 4) is 0 Å². The third kappa shape index (κ3) is 27.4. The number of aromatic nitrogens is 2. The van der Waals surface area contributed by atoms with Gasteiger partial charge in [0.2, 0.25) is 5.91 Å². The van der Waals surface area contributed by atoms with Crippen LogP contribution in [-0.4, -0.2) is 52.3 Å². The van der Waals surface area contributed by atoms with E-state index < -0.39 is 11.7 Å². The predicted molar refractivity (Wildman–Crippen MR) is 224 cm³/mol. The van der Waals surface area contributed by atoms with Gasteiger partial charge in [0.1, 0.15) is 17.2 Å². The number of unbranched alkanes of at least 4 members (excludes halogenated alkanes) is 3. The molecule has 53 heavy (non-hydrogen) atoms. The highest BCUT2D eigenvalue weighted by Crippen LogP contribution is 2.34. The van der Waals surface area contributed by atoms with E-state index in [1.54, 1.807) is 4.90 Å². The van der Waals surface area contributed by atoms with E-state index in [1.165, 1.54) is 32.1 Å². The lowest BCUT2D eigenvalue weighted by Gasteiger charge is -2.22. The molecule has 8 nitrogen and oxygen atoms in total. The number of carbonyl (C=O) groups excluding carboxylic acids is 1. The molecule has 11 heteroatoms. The van der Waals surface area contributed by atoms with Crippen LogP contribution in [0.2, 0.25) is 0 Å². The van der Waals surface area contributed by atoms with Crippen molar-refractivity contribution in [3.05, 3.63) is 23.5 Å². The number of amides is 1. The maximum atomic E-state index is 13.7. The van der Waals surface area contributed by atoms with Gasteiger partial charge in [-0.3, -0.25) is 4.79 Å². The molecule has 0 aliphatic carbocycles. The summed E-state index contributed by atoms with van der Waals surface area (Å²) >= 11 is 0. The molecule has 312 valence electrons. The van der Waals surface area contributed by atoms with E-state index in [4.69, 9.17) is 5.73 Å². The van der Waals surface area contributed by atoms with Crippen LogP contribution < -0.4 is 16.4 Å². The number of amidine groups is 1. The first-order valence-corrected chi connectivity index (χ1v) is 21.2. The monoisotopic (exact) mass is 758 g/mol. The highest BCUT2D eigenvalue weighted by molar-refractivity contribution is 5.98. The second kappa shape index (κ2) is 36.1. The number of anilines is 1. The molecule has 1 aromatic rings. The zero-order valence-corrected chi connectivity index (χ0v) is 36.2. The molecule has 1 aromatic heterocycles. The van der Waals surface area contributed by atoms with Gasteiger partial charge in [0, 0.05) is 50.1 Å². The number of nitrogens with one attached hydrogen (secondary N) is 2. The van der Waals surface area contributed by atoms with Crippen molar-refractivity contribution in [2.45, 2.75) is 198 Å². The second-order valence-corrected chi connectivity index (χ2v) is 13.0. The maximum Gasteiger partial charge on any atom is 0.421 e. The molecular weight excluding hydrogens is 676 g/mol. The molecule has 0 bridgehead atoms. The van der Waals surface area contributed by atoms with Crippen molar-refractivity contribution in [3.63, 3.8) is 0 Å². The number of hydrogen-bond acceptors (Lipinski definition) is 6. The number of halogens is 3. The third-order valence-corrected chi connectivity index (χ3v) is 8.37. The molecule has 0 saturated heterocycles. The van der Waals surface area contributed by atoms with E-state index in [2.05, 4.69) is 60.2 Å². The van der Waals surface area contributed by atoms with Crippen molar-refractivity contribution in [1.82, 2.24) is 20.2 Å². The minimum atomic E-state index is -4.63. The largest absolute Gasteiger partial charge is 0.421 e. The van der Waals surface area contributed by atoms with Crippen molar-refractivity contribution < 1.29 is 18.0 Å². The van der Waals surface area contributed by atoms with Crippen molar-refractivity contribution >= 4 is 23.5 Å². The Morgan fingerprint density at radius 2 is 1.45 bits per heavy atom. The van der Waals surface area contributed by atoms with Crippen LogP contribution in [0, 0.1) is 5.92 Å². The predicted octanol–water partition coefficient (Wildman–Crippen LogP) is 12.6. The second-order valence-electron chi connectivity index (χ2n) is 13.0. The number of aliphatic imine (C=N–C) groups is 1. The molecule has 2 atom stereocenters. The number of hydrogen-bond donors (Lipinski definition) is 3. The molecule has 0 aliphatic heterocycles.